The molecule has 30 heavy (non-hydrogen) atoms. The largest absolute Gasteiger partial charge is 0.457 e. The summed E-state index contributed by atoms with van der Waals surface area (Å²) in [6, 6.07) is 14.8. The standard InChI is InChI=1S/C24H24Cl2N2O2/c1-4-28(5-2)18-7-11-22(16(3)14-18)27-24(29)13-9-19-8-12-23(30-19)20-10-6-17(25)15-21(20)26/h6-15H,4-5H2,1-3H3,(H,27,29)/b13-9+. The first-order valence-corrected chi connectivity index (χ1v) is 10.6. The Labute approximate surface area is 187 Å². The summed E-state index contributed by atoms with van der Waals surface area (Å²) in [5, 5.41) is 3.99. The van der Waals surface area contributed by atoms with E-state index in [0.717, 1.165) is 35.6 Å². The zero-order chi connectivity index (χ0) is 21.7. The van der Waals surface area contributed by atoms with Gasteiger partial charge in [-0.15, -0.1) is 0 Å². The zero-order valence-electron chi connectivity index (χ0n) is 17.2. The van der Waals surface area contributed by atoms with E-state index in [1.807, 2.05) is 25.1 Å². The second-order valence-corrected chi connectivity index (χ2v) is 7.66. The number of halogens is 2. The Kier molecular flexibility index (Phi) is 7.24. The second-order valence-electron chi connectivity index (χ2n) is 6.82. The van der Waals surface area contributed by atoms with Gasteiger partial charge in [-0.1, -0.05) is 23.2 Å². The maximum absolute atomic E-state index is 12.4. The third-order valence-corrected chi connectivity index (χ3v) is 5.37. The molecule has 0 aliphatic rings. The van der Waals surface area contributed by atoms with Crippen molar-refractivity contribution < 1.29 is 9.21 Å². The Balaban J connectivity index is 1.67. The van der Waals surface area contributed by atoms with Gasteiger partial charge in [0.05, 0.1) is 5.02 Å². The number of rotatable bonds is 7. The normalized spacial score (nSPS) is 11.1. The highest BCUT2D eigenvalue weighted by Crippen LogP contribution is 2.31. The Morgan fingerprint density at radius 1 is 1.07 bits per heavy atom. The van der Waals surface area contributed by atoms with Gasteiger partial charge in [-0.05, 0) is 80.9 Å². The van der Waals surface area contributed by atoms with E-state index in [0.29, 0.717) is 21.6 Å². The molecule has 1 heterocycles. The van der Waals surface area contributed by atoms with Crippen molar-refractivity contribution in [2.75, 3.05) is 23.3 Å². The lowest BCUT2D eigenvalue weighted by molar-refractivity contribution is -0.111. The van der Waals surface area contributed by atoms with Crippen LogP contribution in [0.4, 0.5) is 11.4 Å². The van der Waals surface area contributed by atoms with Crippen molar-refractivity contribution in [1.29, 1.82) is 0 Å². The predicted octanol–water partition coefficient (Wildman–Crippen LogP) is 7.06. The van der Waals surface area contributed by atoms with E-state index in [2.05, 4.69) is 30.1 Å². The van der Waals surface area contributed by atoms with Crippen LogP contribution in [0.25, 0.3) is 17.4 Å². The molecular formula is C24H24Cl2N2O2. The van der Waals surface area contributed by atoms with Crippen molar-refractivity contribution in [2.24, 2.45) is 0 Å². The van der Waals surface area contributed by atoms with Gasteiger partial charge in [0.15, 0.2) is 0 Å². The fourth-order valence-electron chi connectivity index (χ4n) is 3.18. The van der Waals surface area contributed by atoms with Gasteiger partial charge in [0.2, 0.25) is 5.91 Å². The van der Waals surface area contributed by atoms with Crippen LogP contribution >= 0.6 is 23.2 Å². The van der Waals surface area contributed by atoms with E-state index in [1.54, 1.807) is 30.3 Å². The SMILES string of the molecule is CCN(CC)c1ccc(NC(=O)/C=C/c2ccc(-c3ccc(Cl)cc3Cl)o2)c(C)c1. The molecule has 0 unspecified atom stereocenters. The van der Waals surface area contributed by atoms with Crippen LogP contribution in [0.3, 0.4) is 0 Å². The number of hydrogen-bond donors (Lipinski definition) is 1. The maximum Gasteiger partial charge on any atom is 0.248 e. The molecule has 1 N–H and O–H groups in total. The molecule has 3 rings (SSSR count). The van der Waals surface area contributed by atoms with E-state index >= 15 is 0 Å². The molecule has 0 fully saturated rings. The van der Waals surface area contributed by atoms with Crippen molar-refractivity contribution in [3.8, 4) is 11.3 Å². The maximum atomic E-state index is 12.4. The molecule has 0 saturated heterocycles. The Bertz CT molecular complexity index is 1070. The van der Waals surface area contributed by atoms with Gasteiger partial charge >= 0.3 is 0 Å². The summed E-state index contributed by atoms with van der Waals surface area (Å²) in [4.78, 5) is 14.6. The highest BCUT2D eigenvalue weighted by Gasteiger charge is 2.09. The molecule has 0 bridgehead atoms. The molecular weight excluding hydrogens is 419 g/mol. The molecule has 1 amide bonds. The number of amides is 1. The predicted molar refractivity (Wildman–Crippen MR) is 127 cm³/mol. The Morgan fingerprint density at radius 2 is 1.83 bits per heavy atom. The number of carbonyl (C=O) groups excluding carboxylic acids is 1. The van der Waals surface area contributed by atoms with Crippen LogP contribution in [-0.4, -0.2) is 19.0 Å². The first-order chi connectivity index (χ1) is 14.4. The van der Waals surface area contributed by atoms with Crippen LogP contribution in [-0.2, 0) is 4.79 Å². The van der Waals surface area contributed by atoms with E-state index < -0.39 is 0 Å². The molecule has 0 atom stereocenters. The smallest absolute Gasteiger partial charge is 0.248 e. The number of nitrogens with zero attached hydrogens (tertiary/aromatic N) is 1. The van der Waals surface area contributed by atoms with Crippen LogP contribution in [0.2, 0.25) is 10.0 Å². The third kappa shape index (κ3) is 5.26. The molecule has 4 nitrogen and oxygen atoms in total. The Morgan fingerprint density at radius 3 is 2.50 bits per heavy atom. The lowest BCUT2D eigenvalue weighted by atomic mass is 10.1. The first kappa shape index (κ1) is 22.0. The minimum atomic E-state index is -0.226. The topological polar surface area (TPSA) is 45.5 Å². The molecule has 0 radical (unpaired) electrons. The van der Waals surface area contributed by atoms with E-state index in [9.17, 15) is 4.79 Å². The van der Waals surface area contributed by atoms with Crippen LogP contribution in [0, 0.1) is 6.92 Å². The van der Waals surface area contributed by atoms with Crippen molar-refractivity contribution in [3.05, 3.63) is 76.0 Å². The van der Waals surface area contributed by atoms with Gasteiger partial charge in [-0.2, -0.15) is 0 Å². The highest BCUT2D eigenvalue weighted by atomic mass is 35.5. The minimum absolute atomic E-state index is 0.226. The summed E-state index contributed by atoms with van der Waals surface area (Å²) in [5.41, 5.74) is 3.69. The van der Waals surface area contributed by atoms with Gasteiger partial charge < -0.3 is 14.6 Å². The highest BCUT2D eigenvalue weighted by molar-refractivity contribution is 6.36. The number of furan rings is 1. The quantitative estimate of drug-likeness (QED) is 0.398. The van der Waals surface area contributed by atoms with Crippen molar-refractivity contribution in [1.82, 2.24) is 0 Å². The number of anilines is 2. The van der Waals surface area contributed by atoms with Crippen molar-refractivity contribution >= 4 is 46.6 Å². The van der Waals surface area contributed by atoms with E-state index in [4.69, 9.17) is 27.6 Å². The minimum Gasteiger partial charge on any atom is -0.457 e. The molecule has 6 heteroatoms. The summed E-state index contributed by atoms with van der Waals surface area (Å²) in [6.45, 7) is 8.12. The summed E-state index contributed by atoms with van der Waals surface area (Å²) in [7, 11) is 0. The fraction of sp³-hybridized carbons (Fsp3) is 0.208. The summed E-state index contributed by atoms with van der Waals surface area (Å²) < 4.78 is 5.78. The zero-order valence-corrected chi connectivity index (χ0v) is 18.7. The van der Waals surface area contributed by atoms with Crippen molar-refractivity contribution in [3.63, 3.8) is 0 Å². The third-order valence-electron chi connectivity index (χ3n) is 4.82. The lowest BCUT2D eigenvalue weighted by Crippen LogP contribution is -2.22. The molecule has 2 aromatic carbocycles. The molecule has 0 saturated carbocycles. The second kappa shape index (κ2) is 9.88. The summed E-state index contributed by atoms with van der Waals surface area (Å²) in [6.07, 6.45) is 3.08. The van der Waals surface area contributed by atoms with Crippen LogP contribution in [0.5, 0.6) is 0 Å². The number of aryl methyl sites for hydroxylation is 1. The Hall–Kier alpha value is -2.69. The molecule has 1 aromatic heterocycles. The van der Waals surface area contributed by atoms with Crippen molar-refractivity contribution in [2.45, 2.75) is 20.8 Å². The monoisotopic (exact) mass is 442 g/mol. The van der Waals surface area contributed by atoms with Crippen LogP contribution < -0.4 is 10.2 Å². The first-order valence-electron chi connectivity index (χ1n) is 9.81. The van der Waals surface area contributed by atoms with Gasteiger partial charge in [-0.3, -0.25) is 4.79 Å². The number of carbonyl (C=O) groups is 1. The van der Waals surface area contributed by atoms with Gasteiger partial charge in [0.25, 0.3) is 0 Å². The van der Waals surface area contributed by atoms with Gasteiger partial charge in [0.1, 0.15) is 11.5 Å². The molecule has 3 aromatic rings. The lowest BCUT2D eigenvalue weighted by Gasteiger charge is -2.22. The average Bonchev–Trinajstić information content (AvgIpc) is 3.18. The fourth-order valence-corrected chi connectivity index (χ4v) is 3.68. The van der Waals surface area contributed by atoms with E-state index in [1.165, 1.54) is 6.08 Å². The van der Waals surface area contributed by atoms with Gasteiger partial charge in [-0.25, -0.2) is 0 Å². The van der Waals surface area contributed by atoms with Crippen LogP contribution in [0.15, 0.2) is 59.0 Å². The molecule has 0 aliphatic heterocycles. The summed E-state index contributed by atoms with van der Waals surface area (Å²) >= 11 is 12.2. The molecule has 156 valence electrons. The van der Waals surface area contributed by atoms with Crippen LogP contribution in [0.1, 0.15) is 25.2 Å². The number of hydrogen-bond acceptors (Lipinski definition) is 3. The summed E-state index contributed by atoms with van der Waals surface area (Å²) in [5.74, 6) is 0.940. The average molecular weight is 443 g/mol. The number of nitrogens with one attached hydrogen (secondary N) is 1. The number of benzene rings is 2. The molecule has 0 spiro atoms. The molecule has 0 aliphatic carbocycles. The van der Waals surface area contributed by atoms with Gasteiger partial charge in [0, 0.05) is 41.1 Å². The van der Waals surface area contributed by atoms with E-state index in [-0.39, 0.29) is 5.91 Å².